The molecule has 26 heavy (non-hydrogen) atoms. The number of sulfonamides is 1. The van der Waals surface area contributed by atoms with Gasteiger partial charge >= 0.3 is 0 Å². The van der Waals surface area contributed by atoms with E-state index in [-0.39, 0.29) is 16.8 Å². The first-order chi connectivity index (χ1) is 12.4. The summed E-state index contributed by atoms with van der Waals surface area (Å²) in [5.41, 5.74) is 0. The molecule has 0 spiro atoms. The van der Waals surface area contributed by atoms with Crippen LogP contribution in [0.4, 0.5) is 0 Å². The predicted octanol–water partition coefficient (Wildman–Crippen LogP) is 2.90. The molecule has 0 saturated heterocycles. The molecule has 1 aromatic rings. The molecule has 1 saturated carbocycles. The lowest BCUT2D eigenvalue weighted by Gasteiger charge is -2.29. The summed E-state index contributed by atoms with van der Waals surface area (Å²) in [6, 6.07) is 3.49. The minimum Gasteiger partial charge on any atom is -0.352 e. The molecule has 1 fully saturated rings. The number of pyridine rings is 1. The normalized spacial score (nSPS) is 20.9. The van der Waals surface area contributed by atoms with E-state index >= 15 is 0 Å². The maximum atomic E-state index is 12.4. The Labute approximate surface area is 161 Å². The number of nitrogens with zero attached hydrogens (tertiary/aromatic N) is 2. The molecular formula is C18H29N3O3S2. The van der Waals surface area contributed by atoms with Crippen molar-refractivity contribution >= 4 is 27.7 Å². The second-order valence-electron chi connectivity index (χ2n) is 6.65. The molecule has 1 aromatic heterocycles. The third kappa shape index (κ3) is 5.44. The smallest absolute Gasteiger partial charge is 0.244 e. The lowest BCUT2D eigenvalue weighted by Crippen LogP contribution is -2.41. The van der Waals surface area contributed by atoms with Gasteiger partial charge in [0.15, 0.2) is 0 Å². The fourth-order valence-corrected chi connectivity index (χ4v) is 5.29. The van der Waals surface area contributed by atoms with Gasteiger partial charge in [-0.05, 0) is 30.9 Å². The van der Waals surface area contributed by atoms with Crippen LogP contribution < -0.4 is 5.32 Å². The molecule has 6 nitrogen and oxygen atoms in total. The molecule has 2 rings (SSSR count). The van der Waals surface area contributed by atoms with E-state index in [1.165, 1.54) is 41.5 Å². The molecule has 2 atom stereocenters. The summed E-state index contributed by atoms with van der Waals surface area (Å²) in [6.45, 7) is 6.66. The van der Waals surface area contributed by atoms with Crippen LogP contribution in [0.15, 0.2) is 28.3 Å². The number of amides is 1. The fourth-order valence-electron chi connectivity index (χ4n) is 3.24. The van der Waals surface area contributed by atoms with E-state index in [1.807, 2.05) is 13.8 Å². The van der Waals surface area contributed by atoms with Crippen molar-refractivity contribution in [1.82, 2.24) is 14.6 Å². The Bertz CT molecular complexity index is 688. The Balaban J connectivity index is 1.90. The molecule has 2 unspecified atom stereocenters. The average Bonchev–Trinajstić information content (AvgIpc) is 2.63. The summed E-state index contributed by atoms with van der Waals surface area (Å²) in [5.74, 6) is 0.828. The van der Waals surface area contributed by atoms with Gasteiger partial charge in [-0.1, -0.05) is 45.4 Å². The van der Waals surface area contributed by atoms with Gasteiger partial charge in [-0.3, -0.25) is 4.79 Å². The van der Waals surface area contributed by atoms with Gasteiger partial charge in [-0.2, -0.15) is 4.31 Å². The Morgan fingerprint density at radius 1 is 1.27 bits per heavy atom. The Hall–Kier alpha value is -1.12. The second kappa shape index (κ2) is 9.71. The third-order valence-corrected chi connectivity index (χ3v) is 7.84. The molecule has 0 aromatic carbocycles. The van der Waals surface area contributed by atoms with Crippen LogP contribution in [-0.4, -0.2) is 48.5 Å². The molecule has 146 valence electrons. The van der Waals surface area contributed by atoms with Gasteiger partial charge in [0.1, 0.15) is 4.90 Å². The molecule has 1 N–H and O–H groups in total. The Morgan fingerprint density at radius 3 is 2.54 bits per heavy atom. The average molecular weight is 400 g/mol. The number of rotatable bonds is 8. The van der Waals surface area contributed by atoms with Crippen molar-refractivity contribution in [2.24, 2.45) is 5.92 Å². The number of thioether (sulfide) groups is 1. The van der Waals surface area contributed by atoms with Crippen LogP contribution in [0.25, 0.3) is 0 Å². The fraction of sp³-hybridized carbons (Fsp3) is 0.667. The van der Waals surface area contributed by atoms with E-state index < -0.39 is 10.0 Å². The van der Waals surface area contributed by atoms with Crippen LogP contribution in [0, 0.1) is 5.92 Å². The van der Waals surface area contributed by atoms with Crippen LogP contribution in [0.3, 0.4) is 0 Å². The minimum absolute atomic E-state index is 0.00962. The van der Waals surface area contributed by atoms with Crippen LogP contribution in [0.1, 0.15) is 46.5 Å². The van der Waals surface area contributed by atoms with E-state index in [0.29, 0.717) is 29.8 Å². The van der Waals surface area contributed by atoms with Crippen LogP contribution in [0.2, 0.25) is 0 Å². The van der Waals surface area contributed by atoms with Crippen molar-refractivity contribution in [1.29, 1.82) is 0 Å². The highest BCUT2D eigenvalue weighted by molar-refractivity contribution is 7.99. The summed E-state index contributed by atoms with van der Waals surface area (Å²) in [6.07, 6.45) is 6.01. The zero-order chi connectivity index (χ0) is 19.2. The first kappa shape index (κ1) is 21.2. The highest BCUT2D eigenvalue weighted by Crippen LogP contribution is 2.24. The highest BCUT2D eigenvalue weighted by Gasteiger charge is 2.23. The predicted molar refractivity (Wildman–Crippen MR) is 105 cm³/mol. The van der Waals surface area contributed by atoms with Crippen molar-refractivity contribution in [3.8, 4) is 0 Å². The Morgan fingerprint density at radius 2 is 1.96 bits per heavy atom. The second-order valence-corrected chi connectivity index (χ2v) is 9.58. The lowest BCUT2D eigenvalue weighted by molar-refractivity contribution is -0.119. The highest BCUT2D eigenvalue weighted by atomic mass is 32.2. The summed E-state index contributed by atoms with van der Waals surface area (Å²) >= 11 is 1.33. The molecule has 1 aliphatic carbocycles. The standard InChI is InChI=1S/C18H29N3O3S2/c1-4-21(5-2)26(23,24)15-10-11-18(19-12-15)25-13-17(22)20-16-9-7-6-8-14(16)3/h10-12,14,16H,4-9,13H2,1-3H3,(H,20,22). The lowest BCUT2D eigenvalue weighted by atomic mass is 9.86. The number of hydrogen-bond donors (Lipinski definition) is 1. The maximum absolute atomic E-state index is 12.4. The van der Waals surface area contributed by atoms with Crippen LogP contribution in [-0.2, 0) is 14.8 Å². The van der Waals surface area contributed by atoms with Gasteiger partial charge < -0.3 is 5.32 Å². The topological polar surface area (TPSA) is 79.4 Å². The quantitative estimate of drug-likeness (QED) is 0.680. The summed E-state index contributed by atoms with van der Waals surface area (Å²) in [5, 5.41) is 3.76. The van der Waals surface area contributed by atoms with Gasteiger partial charge in [-0.15, -0.1) is 0 Å². The van der Waals surface area contributed by atoms with Crippen LogP contribution >= 0.6 is 11.8 Å². The van der Waals surface area contributed by atoms with E-state index in [1.54, 1.807) is 12.1 Å². The Kier molecular flexibility index (Phi) is 7.91. The van der Waals surface area contributed by atoms with E-state index in [2.05, 4.69) is 17.2 Å². The number of carbonyl (C=O) groups is 1. The number of aromatic nitrogens is 1. The third-order valence-electron chi connectivity index (χ3n) is 4.86. The summed E-state index contributed by atoms with van der Waals surface area (Å²) in [7, 11) is -3.49. The van der Waals surface area contributed by atoms with Crippen LogP contribution in [0.5, 0.6) is 0 Å². The monoisotopic (exact) mass is 399 g/mol. The molecule has 0 radical (unpaired) electrons. The first-order valence-corrected chi connectivity index (χ1v) is 11.7. The van der Waals surface area contributed by atoms with Gasteiger partial charge in [0, 0.05) is 25.3 Å². The first-order valence-electron chi connectivity index (χ1n) is 9.26. The van der Waals surface area contributed by atoms with Gasteiger partial charge in [0.2, 0.25) is 15.9 Å². The molecule has 0 bridgehead atoms. The zero-order valence-electron chi connectivity index (χ0n) is 15.8. The van der Waals surface area contributed by atoms with Gasteiger partial charge in [-0.25, -0.2) is 13.4 Å². The van der Waals surface area contributed by atoms with Crippen molar-refractivity contribution in [3.05, 3.63) is 18.3 Å². The summed E-state index contributed by atoms with van der Waals surface area (Å²) < 4.78 is 26.3. The van der Waals surface area contributed by atoms with E-state index in [9.17, 15) is 13.2 Å². The van der Waals surface area contributed by atoms with Gasteiger partial charge in [0.25, 0.3) is 0 Å². The number of hydrogen-bond acceptors (Lipinski definition) is 5. The molecule has 1 aliphatic rings. The zero-order valence-corrected chi connectivity index (χ0v) is 17.4. The minimum atomic E-state index is -3.49. The molecule has 0 aliphatic heterocycles. The number of carbonyl (C=O) groups excluding carboxylic acids is 1. The van der Waals surface area contributed by atoms with Crippen molar-refractivity contribution < 1.29 is 13.2 Å². The van der Waals surface area contributed by atoms with Crippen molar-refractivity contribution in [2.75, 3.05) is 18.8 Å². The van der Waals surface area contributed by atoms with Crippen molar-refractivity contribution in [2.45, 2.75) is 62.4 Å². The van der Waals surface area contributed by atoms with E-state index in [4.69, 9.17) is 0 Å². The molecule has 8 heteroatoms. The number of nitrogens with one attached hydrogen (secondary N) is 1. The molecule has 1 heterocycles. The SMILES string of the molecule is CCN(CC)S(=O)(=O)c1ccc(SCC(=O)NC2CCCCC2C)nc1. The molecule has 1 amide bonds. The largest absolute Gasteiger partial charge is 0.352 e. The summed E-state index contributed by atoms with van der Waals surface area (Å²) in [4.78, 5) is 16.6. The van der Waals surface area contributed by atoms with Crippen molar-refractivity contribution in [3.63, 3.8) is 0 Å². The molecular weight excluding hydrogens is 370 g/mol. The van der Waals surface area contributed by atoms with E-state index in [0.717, 1.165) is 6.42 Å². The van der Waals surface area contributed by atoms with Gasteiger partial charge in [0.05, 0.1) is 10.8 Å². The maximum Gasteiger partial charge on any atom is 0.244 e.